The minimum Gasteiger partial charge on any atom is -0.462 e. The van der Waals surface area contributed by atoms with E-state index in [1.54, 1.807) is 6.92 Å². The summed E-state index contributed by atoms with van der Waals surface area (Å²) in [7, 11) is 0. The van der Waals surface area contributed by atoms with Crippen molar-refractivity contribution in [2.24, 2.45) is 0 Å². The molecule has 1 rings (SSSR count). The molecule has 2 N–H and O–H groups in total. The van der Waals surface area contributed by atoms with Gasteiger partial charge in [0.1, 0.15) is 5.00 Å². The maximum absolute atomic E-state index is 12.0. The van der Waals surface area contributed by atoms with Crippen molar-refractivity contribution in [3.63, 3.8) is 0 Å². The van der Waals surface area contributed by atoms with Crippen LogP contribution < -0.4 is 10.6 Å². The number of rotatable bonds is 4. The number of ether oxygens (including phenoxy) is 1. The van der Waals surface area contributed by atoms with Crippen molar-refractivity contribution in [1.29, 1.82) is 0 Å². The van der Waals surface area contributed by atoms with E-state index in [1.165, 1.54) is 11.3 Å². The van der Waals surface area contributed by atoms with Gasteiger partial charge in [-0.15, -0.1) is 11.3 Å². The fraction of sp³-hybridized carbons (Fsp3) is 0.538. The molecule has 0 atom stereocenters. The third-order valence-corrected chi connectivity index (χ3v) is 3.85. The smallest absolute Gasteiger partial charge is 0.341 e. The van der Waals surface area contributed by atoms with Crippen LogP contribution in [0.3, 0.4) is 0 Å². The highest BCUT2D eigenvalue weighted by molar-refractivity contribution is 7.80. The Bertz CT molecular complexity index is 481. The zero-order chi connectivity index (χ0) is 14.6. The fourth-order valence-electron chi connectivity index (χ4n) is 1.57. The van der Waals surface area contributed by atoms with E-state index in [0.717, 1.165) is 15.4 Å². The van der Waals surface area contributed by atoms with E-state index in [-0.39, 0.29) is 12.0 Å². The summed E-state index contributed by atoms with van der Waals surface area (Å²) in [5, 5.41) is 7.43. The summed E-state index contributed by atoms with van der Waals surface area (Å²) < 4.78 is 5.09. The van der Waals surface area contributed by atoms with Crippen LogP contribution >= 0.6 is 23.6 Å². The van der Waals surface area contributed by atoms with E-state index in [2.05, 4.69) is 10.6 Å². The molecule has 0 radical (unpaired) electrons. The molecule has 0 bridgehead atoms. The Morgan fingerprint density at radius 1 is 1.42 bits per heavy atom. The Labute approximate surface area is 123 Å². The van der Waals surface area contributed by atoms with Crippen molar-refractivity contribution < 1.29 is 9.53 Å². The van der Waals surface area contributed by atoms with Gasteiger partial charge in [-0.3, -0.25) is 0 Å². The molecule has 0 aliphatic rings. The first-order valence-electron chi connectivity index (χ1n) is 6.21. The molecule has 1 aromatic heterocycles. The summed E-state index contributed by atoms with van der Waals surface area (Å²) in [6.07, 6.45) is 0. The molecule has 0 saturated heterocycles. The van der Waals surface area contributed by atoms with Gasteiger partial charge in [-0.25, -0.2) is 4.79 Å². The Hall–Kier alpha value is -1.14. The SMILES string of the molecule is CCOC(=O)c1c(NC(=S)NC(C)C)sc(C)c1C. The zero-order valence-electron chi connectivity index (χ0n) is 11.9. The van der Waals surface area contributed by atoms with E-state index in [9.17, 15) is 4.79 Å². The first-order chi connectivity index (χ1) is 8.86. The predicted molar refractivity (Wildman–Crippen MR) is 84.2 cm³/mol. The molecule has 0 aliphatic carbocycles. The van der Waals surface area contributed by atoms with E-state index >= 15 is 0 Å². The molecular formula is C13H20N2O2S2. The molecule has 1 heterocycles. The van der Waals surface area contributed by atoms with Gasteiger partial charge in [-0.2, -0.15) is 0 Å². The second kappa shape index (κ2) is 6.86. The van der Waals surface area contributed by atoms with Crippen LogP contribution in [0.15, 0.2) is 0 Å². The van der Waals surface area contributed by atoms with Crippen LogP contribution in [-0.2, 0) is 4.74 Å². The lowest BCUT2D eigenvalue weighted by atomic mass is 10.1. The molecule has 0 aromatic carbocycles. The first kappa shape index (κ1) is 15.9. The molecule has 0 saturated carbocycles. The number of thiocarbonyl (C=S) groups is 1. The van der Waals surface area contributed by atoms with Crippen molar-refractivity contribution in [2.45, 2.75) is 40.7 Å². The van der Waals surface area contributed by atoms with Gasteiger partial charge in [0.05, 0.1) is 12.2 Å². The zero-order valence-corrected chi connectivity index (χ0v) is 13.6. The molecule has 19 heavy (non-hydrogen) atoms. The van der Waals surface area contributed by atoms with Gasteiger partial charge < -0.3 is 15.4 Å². The van der Waals surface area contributed by atoms with Crippen LogP contribution in [0.2, 0.25) is 0 Å². The molecule has 1 aromatic rings. The number of thiophene rings is 1. The quantitative estimate of drug-likeness (QED) is 0.660. The van der Waals surface area contributed by atoms with E-state index in [4.69, 9.17) is 17.0 Å². The highest BCUT2D eigenvalue weighted by atomic mass is 32.1. The predicted octanol–water partition coefficient (Wildman–Crippen LogP) is 3.24. The summed E-state index contributed by atoms with van der Waals surface area (Å²) in [5.41, 5.74) is 1.52. The number of nitrogens with one attached hydrogen (secondary N) is 2. The van der Waals surface area contributed by atoms with Gasteiger partial charge >= 0.3 is 5.97 Å². The van der Waals surface area contributed by atoms with E-state index in [1.807, 2.05) is 27.7 Å². The number of carbonyl (C=O) groups excluding carboxylic acids is 1. The Balaban J connectivity index is 2.97. The van der Waals surface area contributed by atoms with Crippen LogP contribution in [0.25, 0.3) is 0 Å². The number of hydrogen-bond donors (Lipinski definition) is 2. The lowest BCUT2D eigenvalue weighted by Crippen LogP contribution is -2.34. The third kappa shape index (κ3) is 4.18. The highest BCUT2D eigenvalue weighted by Crippen LogP contribution is 2.32. The number of carbonyl (C=O) groups is 1. The molecule has 0 spiro atoms. The average Bonchev–Trinajstić information content (AvgIpc) is 2.53. The van der Waals surface area contributed by atoms with Crippen LogP contribution in [0.1, 0.15) is 41.6 Å². The Morgan fingerprint density at radius 3 is 2.58 bits per heavy atom. The molecule has 0 unspecified atom stereocenters. The van der Waals surface area contributed by atoms with Gasteiger partial charge in [0.2, 0.25) is 0 Å². The normalized spacial score (nSPS) is 10.4. The Kier molecular flexibility index (Phi) is 5.75. The molecule has 6 heteroatoms. The maximum Gasteiger partial charge on any atom is 0.341 e. The lowest BCUT2D eigenvalue weighted by molar-refractivity contribution is 0.0527. The van der Waals surface area contributed by atoms with Gasteiger partial charge in [0.15, 0.2) is 5.11 Å². The molecule has 0 amide bonds. The number of anilines is 1. The summed E-state index contributed by atoms with van der Waals surface area (Å²) in [4.78, 5) is 13.1. The monoisotopic (exact) mass is 300 g/mol. The summed E-state index contributed by atoms with van der Waals surface area (Å²) in [6.45, 7) is 10.1. The average molecular weight is 300 g/mol. The number of hydrogen-bond acceptors (Lipinski definition) is 4. The topological polar surface area (TPSA) is 50.4 Å². The maximum atomic E-state index is 12.0. The standard InChI is InChI=1S/C13H20N2O2S2/c1-6-17-12(16)10-8(4)9(5)19-11(10)15-13(18)14-7(2)3/h7H,6H2,1-5H3,(H2,14,15,18). The van der Waals surface area contributed by atoms with Crippen molar-refractivity contribution in [3.05, 3.63) is 16.0 Å². The van der Waals surface area contributed by atoms with Crippen molar-refractivity contribution >= 4 is 39.6 Å². The first-order valence-corrected chi connectivity index (χ1v) is 7.43. The van der Waals surface area contributed by atoms with Crippen LogP contribution in [0.4, 0.5) is 5.00 Å². The van der Waals surface area contributed by atoms with Gasteiger partial charge in [0.25, 0.3) is 0 Å². The minimum atomic E-state index is -0.306. The van der Waals surface area contributed by atoms with E-state index < -0.39 is 0 Å². The molecule has 106 valence electrons. The molecule has 0 aliphatic heterocycles. The van der Waals surface area contributed by atoms with Gasteiger partial charge in [-0.05, 0) is 52.4 Å². The van der Waals surface area contributed by atoms with Gasteiger partial charge in [-0.1, -0.05) is 0 Å². The molecular weight excluding hydrogens is 280 g/mol. The van der Waals surface area contributed by atoms with Crippen molar-refractivity contribution in [1.82, 2.24) is 5.32 Å². The minimum absolute atomic E-state index is 0.244. The fourth-order valence-corrected chi connectivity index (χ4v) is 3.02. The number of esters is 1. The van der Waals surface area contributed by atoms with Crippen LogP contribution in [-0.4, -0.2) is 23.7 Å². The summed E-state index contributed by atoms with van der Waals surface area (Å²) >= 11 is 6.72. The Morgan fingerprint density at radius 2 is 2.05 bits per heavy atom. The highest BCUT2D eigenvalue weighted by Gasteiger charge is 2.21. The van der Waals surface area contributed by atoms with Crippen LogP contribution in [0.5, 0.6) is 0 Å². The van der Waals surface area contributed by atoms with Crippen molar-refractivity contribution in [3.8, 4) is 0 Å². The summed E-state index contributed by atoms with van der Waals surface area (Å²) in [5.74, 6) is -0.306. The summed E-state index contributed by atoms with van der Waals surface area (Å²) in [6, 6.07) is 0.244. The second-order valence-electron chi connectivity index (χ2n) is 4.46. The third-order valence-electron chi connectivity index (χ3n) is 2.51. The lowest BCUT2D eigenvalue weighted by Gasteiger charge is -2.13. The van der Waals surface area contributed by atoms with Crippen molar-refractivity contribution in [2.75, 3.05) is 11.9 Å². The molecule has 4 nitrogen and oxygen atoms in total. The molecule has 0 fully saturated rings. The number of aryl methyl sites for hydroxylation is 1. The van der Waals surface area contributed by atoms with Gasteiger partial charge in [0, 0.05) is 10.9 Å². The second-order valence-corrected chi connectivity index (χ2v) is 6.09. The van der Waals surface area contributed by atoms with E-state index in [0.29, 0.717) is 17.3 Å². The van der Waals surface area contributed by atoms with Crippen LogP contribution in [0, 0.1) is 13.8 Å². The largest absolute Gasteiger partial charge is 0.462 e.